The van der Waals surface area contributed by atoms with E-state index in [0.29, 0.717) is 4.47 Å². The predicted octanol–water partition coefficient (Wildman–Crippen LogP) is 3.65. The van der Waals surface area contributed by atoms with Gasteiger partial charge in [-0.2, -0.15) is 13.2 Å². The van der Waals surface area contributed by atoms with E-state index >= 15 is 0 Å². The molecular formula is C9H6BrClF3NO2S. The molecule has 0 aliphatic rings. The van der Waals surface area contributed by atoms with Gasteiger partial charge in [-0.25, -0.2) is 4.21 Å². The molecule has 1 aromatic rings. The van der Waals surface area contributed by atoms with E-state index in [2.05, 4.69) is 20.3 Å². The maximum atomic E-state index is 12.1. The highest BCUT2D eigenvalue weighted by Crippen LogP contribution is 2.27. The van der Waals surface area contributed by atoms with Crippen LogP contribution in [0, 0.1) is 0 Å². The molecule has 0 heterocycles. The summed E-state index contributed by atoms with van der Waals surface area (Å²) in [5.41, 5.74) is 0. The molecule has 9 heteroatoms. The Balaban J connectivity index is 3.34. The summed E-state index contributed by atoms with van der Waals surface area (Å²) in [5, 5.41) is -0.0319. The lowest BCUT2D eigenvalue weighted by Crippen LogP contribution is -2.21. The van der Waals surface area contributed by atoms with Crippen molar-refractivity contribution in [2.24, 2.45) is 4.36 Å². The molecule has 3 nitrogen and oxygen atoms in total. The molecule has 0 aliphatic carbocycles. The third-order valence-corrected chi connectivity index (χ3v) is 4.41. The number of benzene rings is 1. The maximum absolute atomic E-state index is 12.1. The number of halogens is 5. The van der Waals surface area contributed by atoms with Crippen LogP contribution in [0.1, 0.15) is 0 Å². The highest BCUT2D eigenvalue weighted by molar-refractivity contribution is 9.10. The fourth-order valence-corrected chi connectivity index (χ4v) is 3.40. The normalized spacial score (nSPS) is 15.0. The Kier molecular flexibility index (Phi) is 4.45. The molecule has 0 aliphatic heterocycles. The lowest BCUT2D eigenvalue weighted by molar-refractivity contribution is -0.169. The van der Waals surface area contributed by atoms with Gasteiger partial charge in [-0.05, 0) is 18.2 Å². The summed E-state index contributed by atoms with van der Waals surface area (Å²) in [5.74, 6) is -2.39. The van der Waals surface area contributed by atoms with Gasteiger partial charge in [0, 0.05) is 10.7 Å². The first-order valence-corrected chi connectivity index (χ1v) is 7.42. The number of carbonyl (C=O) groups is 1. The SMILES string of the molecule is CS(=O)(=NC(=O)C(F)(F)F)c1ccc(Br)cc1Cl. The van der Waals surface area contributed by atoms with Crippen molar-refractivity contribution in [2.45, 2.75) is 11.1 Å². The lowest BCUT2D eigenvalue weighted by Gasteiger charge is -2.07. The van der Waals surface area contributed by atoms with Crippen LogP contribution in [0.4, 0.5) is 13.2 Å². The van der Waals surface area contributed by atoms with Crippen molar-refractivity contribution in [1.82, 2.24) is 0 Å². The fraction of sp³-hybridized carbons (Fsp3) is 0.222. The molecule has 0 saturated carbocycles. The zero-order valence-corrected chi connectivity index (χ0v) is 12.0. The molecule has 1 atom stereocenters. The van der Waals surface area contributed by atoms with Crippen LogP contribution >= 0.6 is 27.5 Å². The predicted molar refractivity (Wildman–Crippen MR) is 65.0 cm³/mol. The number of rotatable bonds is 1. The monoisotopic (exact) mass is 363 g/mol. The van der Waals surface area contributed by atoms with Gasteiger partial charge < -0.3 is 0 Å². The van der Waals surface area contributed by atoms with E-state index in [1.165, 1.54) is 18.2 Å². The molecule has 100 valence electrons. The number of hydrogen-bond acceptors (Lipinski definition) is 2. The van der Waals surface area contributed by atoms with E-state index in [1.54, 1.807) is 0 Å². The number of hydrogen-bond donors (Lipinski definition) is 0. The van der Waals surface area contributed by atoms with Gasteiger partial charge in [0.1, 0.15) is 0 Å². The standard InChI is InChI=1S/C9H6BrClF3NO2S/c1-18(17,15-8(16)9(12,13)14)7-3-2-5(10)4-6(7)11/h2-4H,1H3. The van der Waals surface area contributed by atoms with E-state index in [0.717, 1.165) is 6.26 Å². The quantitative estimate of drug-likeness (QED) is 0.763. The summed E-state index contributed by atoms with van der Waals surface area (Å²) < 4.78 is 51.4. The lowest BCUT2D eigenvalue weighted by atomic mass is 10.4. The van der Waals surface area contributed by atoms with Gasteiger partial charge in [0.05, 0.1) is 19.6 Å². The Hall–Kier alpha value is -0.600. The van der Waals surface area contributed by atoms with Crippen LogP contribution in [0.15, 0.2) is 31.9 Å². The first-order chi connectivity index (χ1) is 8.04. The van der Waals surface area contributed by atoms with Gasteiger partial charge in [-0.15, -0.1) is 4.36 Å². The number of carbonyl (C=O) groups excluding carboxylic acids is 1. The van der Waals surface area contributed by atoms with Crippen LogP contribution in [-0.2, 0) is 14.5 Å². The number of amides is 1. The van der Waals surface area contributed by atoms with Crippen LogP contribution in [-0.4, -0.2) is 22.5 Å². The van der Waals surface area contributed by atoms with Crippen molar-refractivity contribution in [3.05, 3.63) is 27.7 Å². The van der Waals surface area contributed by atoms with Gasteiger partial charge in [0.25, 0.3) is 0 Å². The fourth-order valence-electron chi connectivity index (χ4n) is 1.04. The summed E-state index contributed by atoms with van der Waals surface area (Å²) >= 11 is 8.84. The molecule has 0 radical (unpaired) electrons. The maximum Gasteiger partial charge on any atom is 0.474 e. The smallest absolute Gasteiger partial charge is 0.261 e. The largest absolute Gasteiger partial charge is 0.474 e. The molecular weight excluding hydrogens is 359 g/mol. The number of nitrogens with zero attached hydrogens (tertiary/aromatic N) is 1. The second-order valence-electron chi connectivity index (χ2n) is 3.27. The highest BCUT2D eigenvalue weighted by Gasteiger charge is 2.39. The van der Waals surface area contributed by atoms with Crippen LogP contribution in [0.3, 0.4) is 0 Å². The van der Waals surface area contributed by atoms with Crippen LogP contribution in [0.25, 0.3) is 0 Å². The molecule has 1 rings (SSSR count). The van der Waals surface area contributed by atoms with Crippen molar-refractivity contribution in [2.75, 3.05) is 6.26 Å². The van der Waals surface area contributed by atoms with Gasteiger partial charge in [-0.3, -0.25) is 4.79 Å². The van der Waals surface area contributed by atoms with Crippen molar-refractivity contribution in [3.63, 3.8) is 0 Å². The Morgan fingerprint density at radius 3 is 2.44 bits per heavy atom. The topological polar surface area (TPSA) is 46.5 Å². The van der Waals surface area contributed by atoms with Crippen molar-refractivity contribution in [1.29, 1.82) is 0 Å². The summed E-state index contributed by atoms with van der Waals surface area (Å²) in [6.07, 6.45) is -4.23. The van der Waals surface area contributed by atoms with E-state index < -0.39 is 21.8 Å². The summed E-state index contributed by atoms with van der Waals surface area (Å²) in [7, 11) is -3.54. The third-order valence-electron chi connectivity index (χ3n) is 1.80. The van der Waals surface area contributed by atoms with Gasteiger partial charge in [-0.1, -0.05) is 27.5 Å². The highest BCUT2D eigenvalue weighted by atomic mass is 79.9. The molecule has 1 unspecified atom stereocenters. The molecule has 0 aromatic heterocycles. The summed E-state index contributed by atoms with van der Waals surface area (Å²) in [4.78, 5) is 10.6. The van der Waals surface area contributed by atoms with Crippen LogP contribution in [0.5, 0.6) is 0 Å². The van der Waals surface area contributed by atoms with E-state index in [-0.39, 0.29) is 9.92 Å². The Morgan fingerprint density at radius 2 is 2.00 bits per heavy atom. The molecule has 0 bridgehead atoms. The van der Waals surface area contributed by atoms with Gasteiger partial charge in [0.15, 0.2) is 0 Å². The Bertz CT molecular complexity index is 608. The average Bonchev–Trinajstić information content (AvgIpc) is 2.14. The molecule has 18 heavy (non-hydrogen) atoms. The second kappa shape index (κ2) is 5.18. The minimum Gasteiger partial charge on any atom is -0.261 e. The van der Waals surface area contributed by atoms with E-state index in [9.17, 15) is 22.2 Å². The Labute approximate surface area is 115 Å². The first-order valence-electron chi connectivity index (χ1n) is 4.32. The Morgan fingerprint density at radius 1 is 1.44 bits per heavy atom. The first kappa shape index (κ1) is 15.5. The van der Waals surface area contributed by atoms with Crippen LogP contribution in [0.2, 0.25) is 5.02 Å². The zero-order chi connectivity index (χ0) is 14.1. The van der Waals surface area contributed by atoms with Crippen molar-refractivity contribution < 1.29 is 22.2 Å². The van der Waals surface area contributed by atoms with Gasteiger partial charge >= 0.3 is 12.1 Å². The molecule has 0 spiro atoms. The van der Waals surface area contributed by atoms with E-state index in [4.69, 9.17) is 11.6 Å². The van der Waals surface area contributed by atoms with Crippen LogP contribution < -0.4 is 0 Å². The molecule has 0 fully saturated rings. The van der Waals surface area contributed by atoms with Gasteiger partial charge in [0.2, 0.25) is 0 Å². The van der Waals surface area contributed by atoms with Crippen molar-refractivity contribution >= 4 is 43.2 Å². The summed E-state index contributed by atoms with van der Waals surface area (Å²) in [6.45, 7) is 0. The molecule has 1 amide bonds. The minimum atomic E-state index is -5.15. The average molecular weight is 365 g/mol. The number of alkyl halides is 3. The third kappa shape index (κ3) is 3.69. The molecule has 0 saturated heterocycles. The molecule has 1 aromatic carbocycles. The minimum absolute atomic E-state index is 0.0319. The van der Waals surface area contributed by atoms with E-state index in [1.807, 2.05) is 0 Å². The summed E-state index contributed by atoms with van der Waals surface area (Å²) in [6, 6.07) is 4.05. The second-order valence-corrected chi connectivity index (χ2v) is 6.82. The zero-order valence-electron chi connectivity index (χ0n) is 8.79. The van der Waals surface area contributed by atoms with Crippen molar-refractivity contribution in [3.8, 4) is 0 Å². The molecule has 0 N–H and O–H groups in total.